The van der Waals surface area contributed by atoms with Gasteiger partial charge < -0.3 is 10.1 Å². The third-order valence-corrected chi connectivity index (χ3v) is 2.51. The normalized spacial score (nSPS) is 18.9. The Balaban J connectivity index is 2.31. The van der Waals surface area contributed by atoms with E-state index >= 15 is 0 Å². The van der Waals surface area contributed by atoms with Crippen LogP contribution in [0.4, 0.5) is 5.69 Å². The molecule has 0 saturated carbocycles. The van der Waals surface area contributed by atoms with Crippen molar-refractivity contribution in [2.75, 3.05) is 5.32 Å². The van der Waals surface area contributed by atoms with E-state index in [1.807, 2.05) is 39.0 Å². The Bertz CT molecular complexity index is 399. The van der Waals surface area contributed by atoms with E-state index in [1.54, 1.807) is 0 Å². The molecule has 1 amide bonds. The molecule has 0 fully saturated rings. The van der Waals surface area contributed by atoms with Crippen LogP contribution in [0.5, 0.6) is 5.75 Å². The standard InChI is InChI=1S/C12H15NO2/c1-7(2)15-9-4-5-11-10(6-9)8(3)12(14)13-11/h4-8H,1-3H3,(H,13,14). The van der Waals surface area contributed by atoms with Crippen LogP contribution in [0.25, 0.3) is 0 Å². The summed E-state index contributed by atoms with van der Waals surface area (Å²) in [5, 5.41) is 2.83. The van der Waals surface area contributed by atoms with Crippen molar-refractivity contribution in [1.82, 2.24) is 0 Å². The molecule has 1 heterocycles. The summed E-state index contributed by atoms with van der Waals surface area (Å²) in [6.07, 6.45) is 0.156. The van der Waals surface area contributed by atoms with Crippen LogP contribution in [-0.2, 0) is 4.79 Å². The molecule has 0 bridgehead atoms. The fraction of sp³-hybridized carbons (Fsp3) is 0.417. The van der Waals surface area contributed by atoms with Gasteiger partial charge in [0.25, 0.3) is 0 Å². The number of rotatable bonds is 2. The first kappa shape index (κ1) is 10.0. The number of amides is 1. The van der Waals surface area contributed by atoms with Gasteiger partial charge in [0.15, 0.2) is 0 Å². The van der Waals surface area contributed by atoms with Gasteiger partial charge >= 0.3 is 0 Å². The molecule has 1 aromatic carbocycles. The van der Waals surface area contributed by atoms with Crippen molar-refractivity contribution in [2.24, 2.45) is 0 Å². The average molecular weight is 205 g/mol. The van der Waals surface area contributed by atoms with E-state index in [9.17, 15) is 4.79 Å². The minimum atomic E-state index is -0.0734. The quantitative estimate of drug-likeness (QED) is 0.805. The highest BCUT2D eigenvalue weighted by molar-refractivity contribution is 6.02. The van der Waals surface area contributed by atoms with Gasteiger partial charge in [-0.25, -0.2) is 0 Å². The summed E-state index contributed by atoms with van der Waals surface area (Å²) in [5.74, 6) is 0.814. The van der Waals surface area contributed by atoms with Crippen LogP contribution in [0.15, 0.2) is 18.2 Å². The molecule has 1 N–H and O–H groups in total. The highest BCUT2D eigenvalue weighted by Crippen LogP contribution is 2.34. The van der Waals surface area contributed by atoms with Crippen LogP contribution in [-0.4, -0.2) is 12.0 Å². The molecule has 0 spiro atoms. The monoisotopic (exact) mass is 205 g/mol. The fourth-order valence-corrected chi connectivity index (χ4v) is 1.74. The van der Waals surface area contributed by atoms with Crippen LogP contribution in [0, 0.1) is 0 Å². The molecule has 1 unspecified atom stereocenters. The van der Waals surface area contributed by atoms with Crippen molar-refractivity contribution in [3.63, 3.8) is 0 Å². The molecule has 0 aromatic heterocycles. The van der Waals surface area contributed by atoms with E-state index in [0.29, 0.717) is 0 Å². The molecule has 0 saturated heterocycles. The van der Waals surface area contributed by atoms with Gasteiger partial charge in [0.1, 0.15) is 5.75 Å². The number of ether oxygens (including phenoxy) is 1. The third kappa shape index (κ3) is 1.82. The van der Waals surface area contributed by atoms with Crippen LogP contribution < -0.4 is 10.1 Å². The van der Waals surface area contributed by atoms with Gasteiger partial charge in [-0.3, -0.25) is 4.79 Å². The zero-order valence-corrected chi connectivity index (χ0v) is 9.20. The SMILES string of the molecule is CC(C)Oc1ccc2c(c1)C(C)C(=O)N2. The maximum absolute atomic E-state index is 11.4. The molecule has 2 rings (SSSR count). The van der Waals surface area contributed by atoms with E-state index in [0.717, 1.165) is 17.0 Å². The van der Waals surface area contributed by atoms with Crippen molar-refractivity contribution in [3.8, 4) is 5.75 Å². The van der Waals surface area contributed by atoms with Crippen LogP contribution in [0.3, 0.4) is 0 Å². The zero-order chi connectivity index (χ0) is 11.0. The first-order chi connectivity index (χ1) is 7.08. The summed E-state index contributed by atoms with van der Waals surface area (Å²) in [4.78, 5) is 11.4. The summed E-state index contributed by atoms with van der Waals surface area (Å²) in [6, 6.07) is 5.73. The minimum Gasteiger partial charge on any atom is -0.491 e. The lowest BCUT2D eigenvalue weighted by Gasteiger charge is -2.11. The summed E-state index contributed by atoms with van der Waals surface area (Å²) in [7, 11) is 0. The van der Waals surface area contributed by atoms with Gasteiger partial charge in [0.05, 0.1) is 12.0 Å². The predicted molar refractivity (Wildman–Crippen MR) is 59.3 cm³/mol. The number of hydrogen-bond donors (Lipinski definition) is 1. The summed E-state index contributed by atoms with van der Waals surface area (Å²) in [5.41, 5.74) is 1.93. The second-order valence-electron chi connectivity index (χ2n) is 4.13. The fourth-order valence-electron chi connectivity index (χ4n) is 1.74. The number of fused-ring (bicyclic) bond motifs is 1. The Labute approximate surface area is 89.4 Å². The number of carbonyl (C=O) groups excluding carboxylic acids is 1. The Morgan fingerprint density at radius 2 is 2.13 bits per heavy atom. The first-order valence-corrected chi connectivity index (χ1v) is 5.19. The average Bonchev–Trinajstić information content (AvgIpc) is 2.43. The zero-order valence-electron chi connectivity index (χ0n) is 9.20. The number of carbonyl (C=O) groups is 1. The van der Waals surface area contributed by atoms with Crippen LogP contribution in [0.2, 0.25) is 0 Å². The molecule has 1 aromatic rings. The van der Waals surface area contributed by atoms with E-state index in [1.165, 1.54) is 0 Å². The van der Waals surface area contributed by atoms with Gasteiger partial charge in [0.2, 0.25) is 5.91 Å². The smallest absolute Gasteiger partial charge is 0.231 e. The Morgan fingerprint density at radius 1 is 1.40 bits per heavy atom. The molecule has 1 aliphatic heterocycles. The molecule has 80 valence electrons. The van der Waals surface area contributed by atoms with Crippen molar-refractivity contribution in [1.29, 1.82) is 0 Å². The van der Waals surface area contributed by atoms with Crippen LogP contribution in [0.1, 0.15) is 32.3 Å². The second kappa shape index (κ2) is 3.57. The Morgan fingerprint density at radius 3 is 2.80 bits per heavy atom. The van der Waals surface area contributed by atoms with Crippen molar-refractivity contribution >= 4 is 11.6 Å². The molecule has 3 heteroatoms. The highest BCUT2D eigenvalue weighted by atomic mass is 16.5. The first-order valence-electron chi connectivity index (χ1n) is 5.19. The second-order valence-corrected chi connectivity index (χ2v) is 4.13. The topological polar surface area (TPSA) is 38.3 Å². The largest absolute Gasteiger partial charge is 0.491 e. The Hall–Kier alpha value is -1.51. The molecule has 1 atom stereocenters. The van der Waals surface area contributed by atoms with E-state index in [4.69, 9.17) is 4.74 Å². The van der Waals surface area contributed by atoms with E-state index < -0.39 is 0 Å². The lowest BCUT2D eigenvalue weighted by atomic mass is 10.0. The molecule has 15 heavy (non-hydrogen) atoms. The Kier molecular flexibility index (Phi) is 2.39. The third-order valence-electron chi connectivity index (χ3n) is 2.51. The van der Waals surface area contributed by atoms with Gasteiger partial charge in [-0.2, -0.15) is 0 Å². The molecule has 0 radical (unpaired) electrons. The molecule has 3 nitrogen and oxygen atoms in total. The van der Waals surface area contributed by atoms with Crippen molar-refractivity contribution < 1.29 is 9.53 Å². The molecule has 1 aliphatic rings. The number of nitrogens with one attached hydrogen (secondary N) is 1. The maximum Gasteiger partial charge on any atom is 0.231 e. The lowest BCUT2D eigenvalue weighted by molar-refractivity contribution is -0.116. The van der Waals surface area contributed by atoms with Crippen LogP contribution >= 0.6 is 0 Å². The van der Waals surface area contributed by atoms with Gasteiger partial charge in [-0.1, -0.05) is 0 Å². The number of hydrogen-bond acceptors (Lipinski definition) is 2. The molecule has 0 aliphatic carbocycles. The number of anilines is 1. The van der Waals surface area contributed by atoms with Gasteiger partial charge in [0, 0.05) is 5.69 Å². The summed E-state index contributed by atoms with van der Waals surface area (Å²) >= 11 is 0. The number of benzene rings is 1. The summed E-state index contributed by atoms with van der Waals surface area (Å²) in [6.45, 7) is 5.88. The van der Waals surface area contributed by atoms with Crippen molar-refractivity contribution in [3.05, 3.63) is 23.8 Å². The highest BCUT2D eigenvalue weighted by Gasteiger charge is 2.26. The van der Waals surface area contributed by atoms with E-state index in [-0.39, 0.29) is 17.9 Å². The predicted octanol–water partition coefficient (Wildman–Crippen LogP) is 2.53. The van der Waals surface area contributed by atoms with Crippen molar-refractivity contribution in [2.45, 2.75) is 32.8 Å². The van der Waals surface area contributed by atoms with Gasteiger partial charge in [-0.15, -0.1) is 0 Å². The van der Waals surface area contributed by atoms with E-state index in [2.05, 4.69) is 5.32 Å². The summed E-state index contributed by atoms with van der Waals surface area (Å²) < 4.78 is 5.58. The minimum absolute atomic E-state index is 0.0618. The van der Waals surface area contributed by atoms with Gasteiger partial charge in [-0.05, 0) is 44.5 Å². The lowest BCUT2D eigenvalue weighted by Crippen LogP contribution is -2.08. The maximum atomic E-state index is 11.4. The molecular formula is C12H15NO2. The molecular weight excluding hydrogens is 190 g/mol.